The topological polar surface area (TPSA) is 88.4 Å². The van der Waals surface area contributed by atoms with Gasteiger partial charge in [-0.3, -0.25) is 9.36 Å². The van der Waals surface area contributed by atoms with Gasteiger partial charge in [-0.25, -0.2) is 9.79 Å². The van der Waals surface area contributed by atoms with Crippen molar-refractivity contribution in [2.24, 2.45) is 4.99 Å². The number of fused-ring (bicyclic) bond motifs is 1. The summed E-state index contributed by atoms with van der Waals surface area (Å²) in [6.45, 7) is 4.36. The molecule has 218 valence electrons. The Hall–Kier alpha value is -5.07. The predicted molar refractivity (Wildman–Crippen MR) is 166 cm³/mol. The zero-order valence-corrected chi connectivity index (χ0v) is 24.9. The molecule has 0 amide bonds. The molecule has 1 aromatic heterocycles. The summed E-state index contributed by atoms with van der Waals surface area (Å²) in [5.41, 5.74) is 2.47. The first-order chi connectivity index (χ1) is 21.0. The van der Waals surface area contributed by atoms with Crippen LogP contribution in [0.4, 0.5) is 0 Å². The van der Waals surface area contributed by atoms with Gasteiger partial charge in [-0.05, 0) is 43.7 Å². The molecule has 0 unspecified atom stereocenters. The zero-order chi connectivity index (χ0) is 30.3. The van der Waals surface area contributed by atoms with Gasteiger partial charge in [-0.15, -0.1) is 6.42 Å². The number of ether oxygens (including phenoxy) is 4. The summed E-state index contributed by atoms with van der Waals surface area (Å²) in [4.78, 5) is 33.2. The van der Waals surface area contributed by atoms with Crippen molar-refractivity contribution in [3.05, 3.63) is 115 Å². The SMILES string of the molecule is C#CCOc1c(/C=c2\sc3n(c2=O)[C@@H](c2ccc(OCC)cc2)C(C(=O)OCC)=C(c2ccccc2)N=3)cccc1OC. The third-order valence-corrected chi connectivity index (χ3v) is 7.68. The fourth-order valence-corrected chi connectivity index (χ4v) is 5.88. The van der Waals surface area contributed by atoms with Crippen molar-refractivity contribution in [2.45, 2.75) is 19.9 Å². The van der Waals surface area contributed by atoms with E-state index in [0.717, 1.165) is 5.56 Å². The van der Waals surface area contributed by atoms with E-state index in [9.17, 15) is 9.59 Å². The Kier molecular flexibility index (Phi) is 9.08. The lowest BCUT2D eigenvalue weighted by molar-refractivity contribution is -0.138. The van der Waals surface area contributed by atoms with Crippen LogP contribution in [0.15, 0.2) is 88.2 Å². The maximum atomic E-state index is 14.2. The number of rotatable bonds is 10. The minimum absolute atomic E-state index is 0.0313. The van der Waals surface area contributed by atoms with E-state index >= 15 is 0 Å². The van der Waals surface area contributed by atoms with Crippen LogP contribution in [-0.2, 0) is 9.53 Å². The number of benzene rings is 3. The lowest BCUT2D eigenvalue weighted by Crippen LogP contribution is -2.40. The number of thiazole rings is 1. The van der Waals surface area contributed by atoms with Crippen LogP contribution in [-0.4, -0.2) is 37.5 Å². The van der Waals surface area contributed by atoms with Crippen LogP contribution >= 0.6 is 11.3 Å². The standard InChI is InChI=1S/C34H30N2O6S/c1-5-20-42-31-24(14-11-15-26(31)39-4)21-27-32(37)36-30(23-16-18-25(19-17-23)40-6-2)28(33(38)41-7-3)29(35-34(36)43-27)22-12-9-8-10-13-22/h1,8-19,21,30H,6-7,20H2,2-4H3/b27-21-/t30-/m0/s1. The molecule has 5 rings (SSSR count). The number of methoxy groups -OCH3 is 1. The summed E-state index contributed by atoms with van der Waals surface area (Å²) in [5, 5.41) is 0. The van der Waals surface area contributed by atoms with E-state index < -0.39 is 12.0 Å². The average molecular weight is 595 g/mol. The summed E-state index contributed by atoms with van der Waals surface area (Å²) >= 11 is 1.22. The normalized spacial score (nSPS) is 14.4. The lowest BCUT2D eigenvalue weighted by Gasteiger charge is -2.26. The fraction of sp³-hybridized carbons (Fsp3) is 0.206. The maximum absolute atomic E-state index is 14.2. The van der Waals surface area contributed by atoms with E-state index in [1.165, 1.54) is 18.4 Å². The highest BCUT2D eigenvalue weighted by Crippen LogP contribution is 2.36. The van der Waals surface area contributed by atoms with Gasteiger partial charge in [-0.2, -0.15) is 0 Å². The minimum Gasteiger partial charge on any atom is -0.494 e. The number of para-hydroxylation sites is 1. The second-order valence-electron chi connectivity index (χ2n) is 9.30. The van der Waals surface area contributed by atoms with Gasteiger partial charge in [0.2, 0.25) is 0 Å². The highest BCUT2D eigenvalue weighted by Gasteiger charge is 2.35. The number of aromatic nitrogens is 1. The molecular weight excluding hydrogens is 564 g/mol. The molecule has 2 heterocycles. The smallest absolute Gasteiger partial charge is 0.338 e. The monoisotopic (exact) mass is 594 g/mol. The van der Waals surface area contributed by atoms with E-state index in [2.05, 4.69) is 5.92 Å². The maximum Gasteiger partial charge on any atom is 0.338 e. The lowest BCUT2D eigenvalue weighted by atomic mass is 9.93. The van der Waals surface area contributed by atoms with Gasteiger partial charge in [0.1, 0.15) is 12.4 Å². The summed E-state index contributed by atoms with van der Waals surface area (Å²) in [5.74, 6) is 3.51. The summed E-state index contributed by atoms with van der Waals surface area (Å²) < 4.78 is 24.4. The molecule has 0 saturated carbocycles. The van der Waals surface area contributed by atoms with Gasteiger partial charge in [-0.1, -0.05) is 71.9 Å². The number of nitrogens with zero attached hydrogens (tertiary/aromatic N) is 2. The first-order valence-electron chi connectivity index (χ1n) is 13.7. The molecule has 3 aromatic carbocycles. The highest BCUT2D eigenvalue weighted by atomic mass is 32.1. The Labute approximate surface area is 253 Å². The molecular formula is C34H30N2O6S. The zero-order valence-electron chi connectivity index (χ0n) is 24.0. The second kappa shape index (κ2) is 13.3. The Morgan fingerprint density at radius 3 is 2.47 bits per heavy atom. The quantitative estimate of drug-likeness (QED) is 0.200. The Balaban J connectivity index is 1.79. The largest absolute Gasteiger partial charge is 0.494 e. The Bertz CT molecular complexity index is 1880. The molecule has 0 spiro atoms. The van der Waals surface area contributed by atoms with Crippen molar-refractivity contribution in [3.8, 4) is 29.6 Å². The van der Waals surface area contributed by atoms with Crippen molar-refractivity contribution >= 4 is 29.1 Å². The predicted octanol–water partition coefficient (Wildman–Crippen LogP) is 4.35. The molecule has 1 atom stereocenters. The number of hydrogen-bond acceptors (Lipinski definition) is 8. The van der Waals surface area contributed by atoms with Crippen molar-refractivity contribution in [1.82, 2.24) is 4.57 Å². The van der Waals surface area contributed by atoms with Crippen LogP contribution in [0.3, 0.4) is 0 Å². The molecule has 0 radical (unpaired) electrons. The third kappa shape index (κ3) is 5.96. The van der Waals surface area contributed by atoms with Crippen LogP contribution in [0.5, 0.6) is 17.2 Å². The van der Waals surface area contributed by atoms with Crippen LogP contribution in [0.2, 0.25) is 0 Å². The molecule has 9 heteroatoms. The number of hydrogen-bond donors (Lipinski definition) is 0. The van der Waals surface area contributed by atoms with Crippen molar-refractivity contribution in [3.63, 3.8) is 0 Å². The van der Waals surface area contributed by atoms with E-state index in [4.69, 9.17) is 30.4 Å². The number of carbonyl (C=O) groups excluding carboxylic acids is 1. The molecule has 0 saturated heterocycles. The van der Waals surface area contributed by atoms with Crippen molar-refractivity contribution < 1.29 is 23.7 Å². The molecule has 0 N–H and O–H groups in total. The van der Waals surface area contributed by atoms with Gasteiger partial charge < -0.3 is 18.9 Å². The van der Waals surface area contributed by atoms with E-state index in [0.29, 0.717) is 50.0 Å². The number of carbonyl (C=O) groups is 1. The minimum atomic E-state index is -0.800. The number of esters is 1. The van der Waals surface area contributed by atoms with Crippen LogP contribution < -0.4 is 29.1 Å². The van der Waals surface area contributed by atoms with E-state index in [1.807, 2.05) is 67.6 Å². The average Bonchev–Trinajstić information content (AvgIpc) is 3.34. The summed E-state index contributed by atoms with van der Waals surface area (Å²) in [6.07, 6.45) is 7.16. The molecule has 0 aliphatic carbocycles. The Morgan fingerprint density at radius 1 is 1.02 bits per heavy atom. The molecule has 1 aliphatic rings. The third-order valence-electron chi connectivity index (χ3n) is 6.70. The summed E-state index contributed by atoms with van der Waals surface area (Å²) in [7, 11) is 1.54. The van der Waals surface area contributed by atoms with E-state index in [1.54, 1.807) is 29.7 Å². The molecule has 1 aliphatic heterocycles. The van der Waals surface area contributed by atoms with Crippen LogP contribution in [0.1, 0.15) is 36.6 Å². The van der Waals surface area contributed by atoms with Gasteiger partial charge in [0, 0.05) is 11.1 Å². The summed E-state index contributed by atoms with van der Waals surface area (Å²) in [6, 6.07) is 21.3. The van der Waals surface area contributed by atoms with Gasteiger partial charge in [0.25, 0.3) is 5.56 Å². The molecule has 0 fully saturated rings. The molecule has 43 heavy (non-hydrogen) atoms. The second-order valence-corrected chi connectivity index (χ2v) is 10.3. The fourth-order valence-electron chi connectivity index (χ4n) is 4.89. The van der Waals surface area contributed by atoms with Gasteiger partial charge in [0.15, 0.2) is 16.3 Å². The molecule has 8 nitrogen and oxygen atoms in total. The van der Waals surface area contributed by atoms with Crippen molar-refractivity contribution in [2.75, 3.05) is 26.9 Å². The van der Waals surface area contributed by atoms with Crippen LogP contribution in [0.25, 0.3) is 11.8 Å². The first kappa shape index (κ1) is 29.4. The highest BCUT2D eigenvalue weighted by molar-refractivity contribution is 7.07. The molecule has 4 aromatic rings. The van der Waals surface area contributed by atoms with Gasteiger partial charge >= 0.3 is 5.97 Å². The first-order valence-corrected chi connectivity index (χ1v) is 14.6. The number of terminal acetylenes is 1. The van der Waals surface area contributed by atoms with Crippen LogP contribution in [0, 0.1) is 12.3 Å². The Morgan fingerprint density at radius 2 is 1.79 bits per heavy atom. The van der Waals surface area contributed by atoms with Gasteiger partial charge in [0.05, 0.1) is 42.2 Å². The van der Waals surface area contributed by atoms with Crippen molar-refractivity contribution in [1.29, 1.82) is 0 Å². The van der Waals surface area contributed by atoms with E-state index in [-0.39, 0.29) is 24.3 Å². The molecule has 0 bridgehead atoms.